The van der Waals surface area contributed by atoms with E-state index in [0.717, 1.165) is 0 Å². The van der Waals surface area contributed by atoms with Crippen LogP contribution >= 0.6 is 11.6 Å². The van der Waals surface area contributed by atoms with Gasteiger partial charge in [-0.15, -0.1) is 0 Å². The third-order valence-electron chi connectivity index (χ3n) is 4.46. The zero-order valence-electron chi connectivity index (χ0n) is 17.3. The highest BCUT2D eigenvalue weighted by Crippen LogP contribution is 2.22. The first-order valence-corrected chi connectivity index (χ1v) is 9.94. The van der Waals surface area contributed by atoms with Crippen molar-refractivity contribution >= 4 is 29.2 Å². The first-order valence-electron chi connectivity index (χ1n) is 9.57. The zero-order valence-corrected chi connectivity index (χ0v) is 18.0. The molecular formula is C22H26ClN3O4. The van der Waals surface area contributed by atoms with Gasteiger partial charge in [0.05, 0.1) is 0 Å². The summed E-state index contributed by atoms with van der Waals surface area (Å²) < 4.78 is 0. The van der Waals surface area contributed by atoms with Gasteiger partial charge in [0.15, 0.2) is 0 Å². The molecule has 0 atom stereocenters. The predicted octanol–water partition coefficient (Wildman–Crippen LogP) is 2.83. The van der Waals surface area contributed by atoms with Crippen LogP contribution in [0, 0.1) is 0 Å². The molecule has 0 aliphatic rings. The van der Waals surface area contributed by atoms with Crippen molar-refractivity contribution in [3.63, 3.8) is 0 Å². The molecule has 30 heavy (non-hydrogen) atoms. The van der Waals surface area contributed by atoms with Gasteiger partial charge in [0.1, 0.15) is 17.2 Å². The van der Waals surface area contributed by atoms with Crippen LogP contribution in [-0.2, 0) is 22.4 Å². The van der Waals surface area contributed by atoms with Crippen molar-refractivity contribution in [1.82, 2.24) is 15.6 Å². The van der Waals surface area contributed by atoms with E-state index in [4.69, 9.17) is 11.6 Å². The number of pyridine rings is 1. The van der Waals surface area contributed by atoms with Crippen LogP contribution in [0.25, 0.3) is 0 Å². The van der Waals surface area contributed by atoms with E-state index >= 15 is 0 Å². The molecule has 0 radical (unpaired) electrons. The summed E-state index contributed by atoms with van der Waals surface area (Å²) in [6.07, 6.45) is 2.17. The van der Waals surface area contributed by atoms with E-state index < -0.39 is 5.54 Å². The highest BCUT2D eigenvalue weighted by atomic mass is 35.5. The average molecular weight is 432 g/mol. The molecule has 160 valence electrons. The molecule has 0 bridgehead atoms. The lowest BCUT2D eigenvalue weighted by Gasteiger charge is -2.26. The molecule has 0 saturated heterocycles. The third-order valence-corrected chi connectivity index (χ3v) is 4.70. The Morgan fingerprint density at radius 2 is 1.87 bits per heavy atom. The van der Waals surface area contributed by atoms with Crippen molar-refractivity contribution in [3.8, 4) is 5.75 Å². The smallest absolute Gasteiger partial charge is 0.270 e. The van der Waals surface area contributed by atoms with Gasteiger partial charge in [0, 0.05) is 48.6 Å². The number of hydrogen-bond acceptors (Lipinski definition) is 5. The maximum Gasteiger partial charge on any atom is 0.270 e. The summed E-state index contributed by atoms with van der Waals surface area (Å²) in [7, 11) is 0. The number of halogens is 1. The first kappa shape index (κ1) is 23.3. The Labute approximate surface area is 180 Å². The lowest BCUT2D eigenvalue weighted by molar-refractivity contribution is -0.119. The van der Waals surface area contributed by atoms with E-state index in [1.54, 1.807) is 24.3 Å². The number of rotatable bonds is 9. The van der Waals surface area contributed by atoms with Crippen LogP contribution in [0.2, 0.25) is 5.02 Å². The van der Waals surface area contributed by atoms with Gasteiger partial charge in [0.2, 0.25) is 5.91 Å². The Kier molecular flexibility index (Phi) is 7.94. The third kappa shape index (κ3) is 7.48. The van der Waals surface area contributed by atoms with Crippen molar-refractivity contribution < 1.29 is 19.5 Å². The number of phenolic OH excluding ortho intramolecular Hbond substituents is 1. The average Bonchev–Trinajstić information content (AvgIpc) is 2.64. The van der Waals surface area contributed by atoms with Gasteiger partial charge in [-0.25, -0.2) is 0 Å². The fourth-order valence-electron chi connectivity index (χ4n) is 2.89. The summed E-state index contributed by atoms with van der Waals surface area (Å²) in [6.45, 7) is 5.60. The summed E-state index contributed by atoms with van der Waals surface area (Å²) in [4.78, 5) is 40.1. The first-order chi connectivity index (χ1) is 14.1. The van der Waals surface area contributed by atoms with Gasteiger partial charge in [-0.1, -0.05) is 11.6 Å². The summed E-state index contributed by atoms with van der Waals surface area (Å²) in [6, 6.07) is 7.82. The Morgan fingerprint density at radius 3 is 2.57 bits per heavy atom. The number of amides is 2. The number of aromatic hydroxyl groups is 1. The molecule has 7 nitrogen and oxygen atoms in total. The van der Waals surface area contributed by atoms with Crippen LogP contribution in [0.15, 0.2) is 36.5 Å². The number of ketones is 1. The number of aromatic nitrogens is 1. The molecule has 2 rings (SSSR count). The Bertz CT molecular complexity index is 944. The molecular weight excluding hydrogens is 406 g/mol. The minimum Gasteiger partial charge on any atom is -0.508 e. The molecule has 3 N–H and O–H groups in total. The number of Topliss-reactive ketones (excluding diaryl/α,β-unsaturated/α-hetero) is 1. The second-order valence-corrected chi connectivity index (χ2v) is 8.22. The van der Waals surface area contributed by atoms with Crippen LogP contribution in [0.5, 0.6) is 5.75 Å². The fraction of sp³-hybridized carbons (Fsp3) is 0.364. The predicted molar refractivity (Wildman–Crippen MR) is 115 cm³/mol. The summed E-state index contributed by atoms with van der Waals surface area (Å²) in [5, 5.41) is 15.9. The van der Waals surface area contributed by atoms with Crippen molar-refractivity contribution in [1.29, 1.82) is 0 Å². The number of hydrogen-bond donors (Lipinski definition) is 3. The van der Waals surface area contributed by atoms with Crippen LogP contribution in [0.1, 0.15) is 48.8 Å². The quantitative estimate of drug-likeness (QED) is 0.565. The second kappa shape index (κ2) is 10.2. The van der Waals surface area contributed by atoms with Crippen LogP contribution < -0.4 is 10.6 Å². The van der Waals surface area contributed by atoms with Gasteiger partial charge in [-0.2, -0.15) is 0 Å². The molecule has 1 aromatic carbocycles. The number of carbonyl (C=O) groups is 3. The van der Waals surface area contributed by atoms with Gasteiger partial charge >= 0.3 is 0 Å². The topological polar surface area (TPSA) is 108 Å². The van der Waals surface area contributed by atoms with Crippen LogP contribution in [0.4, 0.5) is 0 Å². The van der Waals surface area contributed by atoms with Crippen molar-refractivity contribution in [2.75, 3.05) is 6.54 Å². The molecule has 8 heteroatoms. The molecule has 0 spiro atoms. The molecule has 0 aliphatic heterocycles. The van der Waals surface area contributed by atoms with E-state index in [1.807, 2.05) is 13.8 Å². The van der Waals surface area contributed by atoms with E-state index in [-0.39, 0.29) is 41.9 Å². The van der Waals surface area contributed by atoms with Crippen LogP contribution in [0.3, 0.4) is 0 Å². The minimum absolute atomic E-state index is 0.0176. The monoisotopic (exact) mass is 431 g/mol. The number of carbonyl (C=O) groups excluding carboxylic acids is 3. The zero-order chi connectivity index (χ0) is 22.3. The molecule has 2 amide bonds. The van der Waals surface area contributed by atoms with Gasteiger partial charge in [-0.05, 0) is 56.2 Å². The van der Waals surface area contributed by atoms with E-state index in [0.29, 0.717) is 29.1 Å². The Hall–Kier alpha value is -2.93. The molecule has 2 aromatic rings. The van der Waals surface area contributed by atoms with Gasteiger partial charge in [0.25, 0.3) is 5.91 Å². The number of nitrogens with zero attached hydrogens (tertiary/aromatic N) is 1. The van der Waals surface area contributed by atoms with E-state index in [2.05, 4.69) is 15.6 Å². The van der Waals surface area contributed by atoms with Gasteiger partial charge < -0.3 is 15.7 Å². The molecule has 0 unspecified atom stereocenters. The largest absolute Gasteiger partial charge is 0.508 e. The standard InChI is InChI=1S/C22H26ClN3O4/c1-14(27)24-9-7-22(2,3)26-21(30)19-11-15(6-8-25-19)10-18(28)13-16-12-17(23)4-5-20(16)29/h4-6,8,11-12,29H,7,9-10,13H2,1-3H3,(H,24,27)(H,26,30). The van der Waals surface area contributed by atoms with Gasteiger partial charge in [-0.3, -0.25) is 19.4 Å². The highest BCUT2D eigenvalue weighted by molar-refractivity contribution is 6.30. The minimum atomic E-state index is -0.545. The molecule has 0 aliphatic carbocycles. The lowest BCUT2D eigenvalue weighted by atomic mass is 9.99. The number of nitrogens with one attached hydrogen (secondary N) is 2. The lowest BCUT2D eigenvalue weighted by Crippen LogP contribution is -2.45. The number of phenols is 1. The summed E-state index contributed by atoms with van der Waals surface area (Å²) in [5.41, 5.74) is 0.772. The van der Waals surface area contributed by atoms with Crippen LogP contribution in [-0.4, -0.2) is 39.8 Å². The second-order valence-electron chi connectivity index (χ2n) is 7.79. The summed E-state index contributed by atoms with van der Waals surface area (Å²) >= 11 is 5.92. The molecule has 1 heterocycles. The molecule has 0 saturated carbocycles. The maximum atomic E-state index is 12.6. The summed E-state index contributed by atoms with van der Waals surface area (Å²) in [5.74, 6) is -0.586. The molecule has 1 aromatic heterocycles. The van der Waals surface area contributed by atoms with E-state index in [1.165, 1.54) is 19.2 Å². The normalized spacial score (nSPS) is 11.1. The maximum absolute atomic E-state index is 12.6. The van der Waals surface area contributed by atoms with Crippen molar-refractivity contribution in [2.45, 2.75) is 45.6 Å². The highest BCUT2D eigenvalue weighted by Gasteiger charge is 2.22. The van der Waals surface area contributed by atoms with E-state index in [9.17, 15) is 19.5 Å². The molecule has 0 fully saturated rings. The Morgan fingerprint density at radius 1 is 1.13 bits per heavy atom. The Balaban J connectivity index is 1.99. The fourth-order valence-corrected chi connectivity index (χ4v) is 3.09. The number of benzene rings is 1. The van der Waals surface area contributed by atoms with Crippen molar-refractivity contribution in [2.24, 2.45) is 0 Å². The SMILES string of the molecule is CC(=O)NCCC(C)(C)NC(=O)c1cc(CC(=O)Cc2cc(Cl)ccc2O)ccn1. The van der Waals surface area contributed by atoms with Crippen molar-refractivity contribution in [3.05, 3.63) is 58.4 Å².